The molecule has 3 aromatic carbocycles. The van der Waals surface area contributed by atoms with Crippen molar-refractivity contribution in [3.63, 3.8) is 0 Å². The summed E-state index contributed by atoms with van der Waals surface area (Å²) >= 11 is 0. The lowest BCUT2D eigenvalue weighted by atomic mass is 9.89. The zero-order valence-electron chi connectivity index (χ0n) is 19.7. The van der Waals surface area contributed by atoms with E-state index in [9.17, 15) is 15.3 Å². The van der Waals surface area contributed by atoms with Crippen LogP contribution in [0.3, 0.4) is 0 Å². The number of hydrogen-bond donors (Lipinski definition) is 3. The van der Waals surface area contributed by atoms with Crippen molar-refractivity contribution in [1.29, 1.82) is 0 Å². The van der Waals surface area contributed by atoms with Gasteiger partial charge in [0.25, 0.3) is 0 Å². The summed E-state index contributed by atoms with van der Waals surface area (Å²) in [5.41, 5.74) is 3.52. The molecule has 0 saturated carbocycles. The highest BCUT2D eigenvalue weighted by molar-refractivity contribution is 6.05. The number of hydrogen-bond acceptors (Lipinski definition) is 10. The minimum absolute atomic E-state index is 0.169. The lowest BCUT2D eigenvalue weighted by Gasteiger charge is -2.35. The molecule has 10 heteroatoms. The Labute approximate surface area is 206 Å². The van der Waals surface area contributed by atoms with Crippen LogP contribution < -0.4 is 23.7 Å². The first-order valence-electron chi connectivity index (χ1n) is 11.5. The Morgan fingerprint density at radius 3 is 2.33 bits per heavy atom. The standard InChI is InChI=1S/C26H26O10/c1-30-19-6-13-14(7-20(19)31-2)25(36-26-24(29)23(28)17(27)10-33-26)16-9-32-8-15(16)22(13)12-3-4-18-21(5-12)35-11-34-18/h3-7,17,23-24,26-29H,8-11H2,1-2H3. The van der Waals surface area contributed by atoms with Gasteiger partial charge in [-0.2, -0.15) is 0 Å². The summed E-state index contributed by atoms with van der Waals surface area (Å²) in [4.78, 5) is 0. The van der Waals surface area contributed by atoms with E-state index in [1.807, 2.05) is 24.3 Å². The molecule has 0 bridgehead atoms. The minimum atomic E-state index is -1.45. The normalized spacial score (nSPS) is 24.6. The third-order valence-electron chi connectivity index (χ3n) is 6.82. The molecule has 4 unspecified atom stereocenters. The molecule has 3 aliphatic rings. The zero-order valence-corrected chi connectivity index (χ0v) is 19.7. The molecule has 0 aliphatic carbocycles. The molecule has 3 heterocycles. The largest absolute Gasteiger partial charge is 0.493 e. The van der Waals surface area contributed by atoms with Gasteiger partial charge in [0, 0.05) is 10.9 Å². The molecule has 0 radical (unpaired) electrons. The van der Waals surface area contributed by atoms with Crippen molar-refractivity contribution in [2.24, 2.45) is 0 Å². The van der Waals surface area contributed by atoms with Gasteiger partial charge < -0.3 is 48.5 Å². The van der Waals surface area contributed by atoms with Gasteiger partial charge in [-0.15, -0.1) is 0 Å². The topological polar surface area (TPSA) is 125 Å². The third-order valence-corrected chi connectivity index (χ3v) is 6.82. The molecule has 3 aliphatic heterocycles. The molecular weight excluding hydrogens is 472 g/mol. The van der Waals surface area contributed by atoms with E-state index < -0.39 is 24.6 Å². The van der Waals surface area contributed by atoms with E-state index in [-0.39, 0.29) is 20.0 Å². The van der Waals surface area contributed by atoms with Crippen molar-refractivity contribution >= 4 is 10.8 Å². The number of ether oxygens (including phenoxy) is 7. The monoisotopic (exact) mass is 498 g/mol. The third kappa shape index (κ3) is 3.61. The van der Waals surface area contributed by atoms with Gasteiger partial charge in [0.15, 0.2) is 23.0 Å². The van der Waals surface area contributed by atoms with Gasteiger partial charge in [-0.05, 0) is 46.3 Å². The van der Waals surface area contributed by atoms with Crippen LogP contribution in [0.5, 0.6) is 28.7 Å². The lowest BCUT2D eigenvalue weighted by molar-refractivity contribution is -0.241. The molecule has 1 fully saturated rings. The fourth-order valence-corrected chi connectivity index (χ4v) is 4.97. The predicted molar refractivity (Wildman–Crippen MR) is 125 cm³/mol. The molecule has 10 nitrogen and oxygen atoms in total. The molecule has 3 N–H and O–H groups in total. The smallest absolute Gasteiger partial charge is 0.231 e. The van der Waals surface area contributed by atoms with E-state index in [2.05, 4.69) is 0 Å². The van der Waals surface area contributed by atoms with Crippen molar-refractivity contribution in [2.45, 2.75) is 37.8 Å². The molecule has 0 spiro atoms. The van der Waals surface area contributed by atoms with Crippen LogP contribution in [0.15, 0.2) is 30.3 Å². The fourth-order valence-electron chi connectivity index (χ4n) is 4.97. The first kappa shape index (κ1) is 23.1. The highest BCUT2D eigenvalue weighted by Crippen LogP contribution is 2.49. The number of aliphatic hydroxyl groups excluding tert-OH is 3. The van der Waals surface area contributed by atoms with Gasteiger partial charge in [-0.3, -0.25) is 0 Å². The van der Waals surface area contributed by atoms with E-state index in [1.165, 1.54) is 0 Å². The number of benzene rings is 3. The molecule has 3 aromatic rings. The summed E-state index contributed by atoms with van der Waals surface area (Å²) in [6.45, 7) is 0.615. The van der Waals surface area contributed by atoms with Crippen molar-refractivity contribution in [2.75, 3.05) is 27.6 Å². The van der Waals surface area contributed by atoms with Crippen LogP contribution in [-0.2, 0) is 22.7 Å². The maximum absolute atomic E-state index is 10.5. The Morgan fingerprint density at radius 1 is 0.833 bits per heavy atom. The Balaban J connectivity index is 1.57. The van der Waals surface area contributed by atoms with Gasteiger partial charge >= 0.3 is 0 Å². The van der Waals surface area contributed by atoms with Gasteiger partial charge in [0.1, 0.15) is 24.1 Å². The Hall–Kier alpha value is -3.28. The zero-order chi connectivity index (χ0) is 25.0. The Morgan fingerprint density at radius 2 is 1.56 bits per heavy atom. The van der Waals surface area contributed by atoms with Crippen LogP contribution in [0.25, 0.3) is 21.9 Å². The molecule has 0 amide bonds. The fraction of sp³-hybridized carbons (Fsp3) is 0.385. The Kier molecular flexibility index (Phi) is 5.78. The summed E-state index contributed by atoms with van der Waals surface area (Å²) in [6.07, 6.45) is -5.25. The van der Waals surface area contributed by atoms with Gasteiger partial charge in [-0.1, -0.05) is 6.07 Å². The van der Waals surface area contributed by atoms with Gasteiger partial charge in [-0.25, -0.2) is 0 Å². The average molecular weight is 498 g/mol. The maximum Gasteiger partial charge on any atom is 0.231 e. The minimum Gasteiger partial charge on any atom is -0.493 e. The van der Waals surface area contributed by atoms with Crippen LogP contribution in [0.2, 0.25) is 0 Å². The molecule has 0 aromatic heterocycles. The summed E-state index contributed by atoms with van der Waals surface area (Å²) in [5, 5.41) is 32.0. The highest BCUT2D eigenvalue weighted by atomic mass is 16.7. The number of rotatable bonds is 5. The summed E-state index contributed by atoms with van der Waals surface area (Å²) < 4.78 is 39.9. The number of methoxy groups -OCH3 is 2. The van der Waals surface area contributed by atoms with Crippen LogP contribution in [0, 0.1) is 0 Å². The van der Waals surface area contributed by atoms with E-state index in [0.717, 1.165) is 27.6 Å². The number of aliphatic hydroxyl groups is 3. The maximum atomic E-state index is 10.5. The summed E-state index contributed by atoms with van der Waals surface area (Å²) in [6, 6.07) is 9.44. The van der Waals surface area contributed by atoms with Crippen LogP contribution in [-0.4, -0.2) is 67.5 Å². The van der Waals surface area contributed by atoms with E-state index in [0.29, 0.717) is 40.7 Å². The van der Waals surface area contributed by atoms with E-state index in [1.54, 1.807) is 20.3 Å². The average Bonchev–Trinajstić information content (AvgIpc) is 3.57. The van der Waals surface area contributed by atoms with Crippen molar-refractivity contribution < 1.29 is 48.5 Å². The first-order chi connectivity index (χ1) is 17.5. The van der Waals surface area contributed by atoms with Gasteiger partial charge in [0.05, 0.1) is 34.0 Å². The SMILES string of the molecule is COc1cc2c(OC3OCC(O)C(O)C3O)c3c(c(-c4ccc5c(c4)OCO5)c2cc1OC)COC3. The van der Waals surface area contributed by atoms with Crippen LogP contribution in [0.1, 0.15) is 11.1 Å². The lowest BCUT2D eigenvalue weighted by Crippen LogP contribution is -2.54. The van der Waals surface area contributed by atoms with Crippen molar-refractivity contribution in [3.05, 3.63) is 41.5 Å². The number of fused-ring (bicyclic) bond motifs is 3. The second-order valence-corrected chi connectivity index (χ2v) is 8.84. The van der Waals surface area contributed by atoms with Crippen LogP contribution >= 0.6 is 0 Å². The van der Waals surface area contributed by atoms with E-state index >= 15 is 0 Å². The molecule has 6 rings (SSSR count). The summed E-state index contributed by atoms with van der Waals surface area (Å²) in [7, 11) is 3.11. The Bertz CT molecular complexity index is 1320. The molecule has 36 heavy (non-hydrogen) atoms. The van der Waals surface area contributed by atoms with Crippen LogP contribution in [0.4, 0.5) is 0 Å². The predicted octanol–water partition coefficient (Wildman–Crippen LogP) is 2.10. The molecule has 190 valence electrons. The quantitative estimate of drug-likeness (QED) is 0.482. The second-order valence-electron chi connectivity index (χ2n) is 8.84. The van der Waals surface area contributed by atoms with Crippen molar-refractivity contribution in [3.8, 4) is 39.9 Å². The van der Waals surface area contributed by atoms with E-state index in [4.69, 9.17) is 33.2 Å². The molecular formula is C26H26O10. The molecule has 1 saturated heterocycles. The van der Waals surface area contributed by atoms with Crippen molar-refractivity contribution in [1.82, 2.24) is 0 Å². The summed E-state index contributed by atoms with van der Waals surface area (Å²) in [5.74, 6) is 2.80. The molecule has 4 atom stereocenters. The second kappa shape index (κ2) is 8.99. The first-order valence-corrected chi connectivity index (χ1v) is 11.5. The highest BCUT2D eigenvalue weighted by Gasteiger charge is 2.40. The van der Waals surface area contributed by atoms with Gasteiger partial charge in [0.2, 0.25) is 13.1 Å².